The fourth-order valence-electron chi connectivity index (χ4n) is 8.89. The minimum Gasteiger partial charge on any atom is -0.460 e. The van der Waals surface area contributed by atoms with E-state index in [2.05, 4.69) is 46.4 Å². The smallest absolute Gasteiger partial charge is 0.410 e. The molecule has 1 rings (SSSR count). The second-order valence-corrected chi connectivity index (χ2v) is 19.8. The number of unbranched alkanes of at least 4 members (excludes halogenated alkanes) is 24. The minimum atomic E-state index is -0.656. The Morgan fingerprint density at radius 2 is 0.754 bits per heavy atom. The van der Waals surface area contributed by atoms with Crippen LogP contribution in [0.5, 0.6) is 0 Å². The Morgan fingerprint density at radius 1 is 0.435 bits per heavy atom. The van der Waals surface area contributed by atoms with Crippen LogP contribution in [-0.2, 0) is 42.7 Å². The Morgan fingerprint density at radius 3 is 1.07 bits per heavy atom. The molecule has 69 heavy (non-hydrogen) atoms. The van der Waals surface area contributed by atoms with E-state index in [0.717, 1.165) is 71.0 Å². The normalized spacial score (nSPS) is 15.2. The minimum absolute atomic E-state index is 0.120. The zero-order chi connectivity index (χ0) is 50.3. The topological polar surface area (TPSA) is 122 Å². The van der Waals surface area contributed by atoms with E-state index in [-0.39, 0.29) is 44.5 Å². The summed E-state index contributed by atoms with van der Waals surface area (Å²) in [6.07, 6.45) is 32.8. The third-order valence-electron chi connectivity index (χ3n) is 13.3. The maximum Gasteiger partial charge on any atom is 0.410 e. The van der Waals surface area contributed by atoms with Gasteiger partial charge in [-0.15, -0.1) is 0 Å². The van der Waals surface area contributed by atoms with E-state index in [9.17, 15) is 14.4 Å². The summed E-state index contributed by atoms with van der Waals surface area (Å²) >= 11 is 0. The first kappa shape index (κ1) is 65.0. The standard InChI is InChI=1S/C57H110N2O10/c1-7-13-17-21-25-29-33-43-63-55(64-44-34-30-26-22-18-14-8-2)40-38-53(60)68-51-48-52(50-59(49-51)57(62)67-47-37-42-58(11-5)12-6)69-54(61)39-41-56(65-45-35-31-27-23-19-15-9-3)66-46-36-32-28-24-20-16-10-4/h51-52,55-56H,7-50H2,1-6H3/t51-,52-/m0/s1. The molecule has 0 aliphatic carbocycles. The van der Waals surface area contributed by atoms with Gasteiger partial charge in [-0.25, -0.2) is 4.79 Å². The molecule has 0 bridgehead atoms. The van der Waals surface area contributed by atoms with Gasteiger partial charge in [-0.2, -0.15) is 0 Å². The lowest BCUT2D eigenvalue weighted by Crippen LogP contribution is -2.51. The summed E-state index contributed by atoms with van der Waals surface area (Å²) in [7, 11) is 0. The van der Waals surface area contributed by atoms with E-state index in [1.807, 2.05) is 0 Å². The van der Waals surface area contributed by atoms with Crippen molar-refractivity contribution >= 4 is 18.0 Å². The van der Waals surface area contributed by atoms with Gasteiger partial charge in [0, 0.05) is 52.2 Å². The molecular formula is C57H110N2O10. The number of rotatable bonds is 50. The molecule has 1 aliphatic heterocycles. The van der Waals surface area contributed by atoms with Gasteiger partial charge in [0.15, 0.2) is 12.6 Å². The van der Waals surface area contributed by atoms with Gasteiger partial charge in [-0.05, 0) is 45.2 Å². The van der Waals surface area contributed by atoms with E-state index >= 15 is 0 Å². The number of nitrogens with zero attached hydrogens (tertiary/aromatic N) is 2. The number of hydrogen-bond donors (Lipinski definition) is 0. The number of likely N-dealkylation sites (tertiary alicyclic amines) is 1. The molecule has 1 aliphatic rings. The molecule has 0 aromatic heterocycles. The number of ether oxygens (including phenoxy) is 7. The first-order chi connectivity index (χ1) is 33.8. The van der Waals surface area contributed by atoms with Crippen molar-refractivity contribution in [2.75, 3.05) is 65.8 Å². The molecule has 0 spiro atoms. The summed E-state index contributed by atoms with van der Waals surface area (Å²) in [5.74, 6) is -0.773. The van der Waals surface area contributed by atoms with Gasteiger partial charge in [0.25, 0.3) is 0 Å². The third kappa shape index (κ3) is 39.3. The van der Waals surface area contributed by atoms with Crippen LogP contribution in [-0.4, -0.2) is 118 Å². The molecule has 12 heteroatoms. The first-order valence-corrected chi connectivity index (χ1v) is 29.3. The summed E-state index contributed by atoms with van der Waals surface area (Å²) in [5, 5.41) is 0. The van der Waals surface area contributed by atoms with Crippen LogP contribution in [0, 0.1) is 0 Å². The van der Waals surface area contributed by atoms with Crippen molar-refractivity contribution in [3.63, 3.8) is 0 Å². The maximum absolute atomic E-state index is 13.5. The van der Waals surface area contributed by atoms with Crippen LogP contribution >= 0.6 is 0 Å². The Balaban J connectivity index is 2.90. The molecule has 0 aromatic carbocycles. The summed E-state index contributed by atoms with van der Waals surface area (Å²) in [6, 6.07) is 0. The predicted octanol–water partition coefficient (Wildman–Crippen LogP) is 14.7. The molecule has 0 saturated carbocycles. The van der Waals surface area contributed by atoms with Gasteiger partial charge in [0.2, 0.25) is 0 Å². The monoisotopic (exact) mass is 983 g/mol. The van der Waals surface area contributed by atoms with E-state index < -0.39 is 30.9 Å². The van der Waals surface area contributed by atoms with Crippen LogP contribution in [0.3, 0.4) is 0 Å². The number of hydrogen-bond acceptors (Lipinski definition) is 11. The highest BCUT2D eigenvalue weighted by molar-refractivity contribution is 5.71. The molecule has 1 amide bonds. The molecule has 12 nitrogen and oxygen atoms in total. The van der Waals surface area contributed by atoms with Crippen LogP contribution in [0.15, 0.2) is 0 Å². The molecular weight excluding hydrogens is 873 g/mol. The second kappa shape index (κ2) is 48.3. The van der Waals surface area contributed by atoms with Gasteiger partial charge in [-0.1, -0.05) is 196 Å². The van der Waals surface area contributed by atoms with Crippen molar-refractivity contribution in [3.05, 3.63) is 0 Å². The average Bonchev–Trinajstić information content (AvgIpc) is 3.34. The highest BCUT2D eigenvalue weighted by Crippen LogP contribution is 2.22. The molecule has 1 saturated heterocycles. The van der Waals surface area contributed by atoms with Gasteiger partial charge in [0.05, 0.1) is 32.5 Å². The Labute approximate surface area is 424 Å². The van der Waals surface area contributed by atoms with Crippen molar-refractivity contribution in [1.29, 1.82) is 0 Å². The Hall–Kier alpha value is -1.99. The van der Waals surface area contributed by atoms with E-state index in [1.165, 1.54) is 133 Å². The molecule has 408 valence electrons. The zero-order valence-corrected chi connectivity index (χ0v) is 45.9. The molecule has 0 radical (unpaired) electrons. The van der Waals surface area contributed by atoms with Crippen LogP contribution in [0.4, 0.5) is 4.79 Å². The van der Waals surface area contributed by atoms with Gasteiger partial charge in [-0.3, -0.25) is 9.59 Å². The molecule has 1 fully saturated rings. The van der Waals surface area contributed by atoms with Crippen LogP contribution < -0.4 is 0 Å². The number of amides is 1. The van der Waals surface area contributed by atoms with Crippen LogP contribution in [0.25, 0.3) is 0 Å². The quantitative estimate of drug-likeness (QED) is 0.0251. The molecule has 0 N–H and O–H groups in total. The molecule has 0 aromatic rings. The third-order valence-corrected chi connectivity index (χ3v) is 13.3. The van der Waals surface area contributed by atoms with Crippen molar-refractivity contribution in [2.24, 2.45) is 0 Å². The lowest BCUT2D eigenvalue weighted by Gasteiger charge is -2.36. The van der Waals surface area contributed by atoms with E-state index in [0.29, 0.717) is 52.1 Å². The Bertz CT molecular complexity index is 1050. The average molecular weight is 984 g/mol. The lowest BCUT2D eigenvalue weighted by molar-refractivity contribution is -0.170. The lowest BCUT2D eigenvalue weighted by atomic mass is 10.1. The number of carbonyl (C=O) groups excluding carboxylic acids is 3. The van der Waals surface area contributed by atoms with E-state index in [1.54, 1.807) is 0 Å². The van der Waals surface area contributed by atoms with Crippen molar-refractivity contribution in [3.8, 4) is 0 Å². The fraction of sp³-hybridized carbons (Fsp3) is 0.947. The SMILES string of the molecule is CCCCCCCCCOC(CCC(=O)O[C@H]1C[C@H](OC(=O)CCC(OCCCCCCCCC)OCCCCCCCCC)CN(C(=O)OCCCN(CC)CC)C1)OCCCCCCCCC. The fourth-order valence-corrected chi connectivity index (χ4v) is 8.89. The molecule has 0 unspecified atom stereocenters. The molecule has 2 atom stereocenters. The number of esters is 2. The van der Waals surface area contributed by atoms with Gasteiger partial charge >= 0.3 is 18.0 Å². The molecule has 1 heterocycles. The van der Waals surface area contributed by atoms with Gasteiger partial charge < -0.3 is 43.0 Å². The van der Waals surface area contributed by atoms with Crippen molar-refractivity contribution < 1.29 is 47.5 Å². The van der Waals surface area contributed by atoms with Crippen LogP contribution in [0.1, 0.15) is 260 Å². The van der Waals surface area contributed by atoms with Gasteiger partial charge in [0.1, 0.15) is 12.2 Å². The Kier molecular flexibility index (Phi) is 45.5. The number of piperidine rings is 1. The summed E-state index contributed by atoms with van der Waals surface area (Å²) in [4.78, 5) is 44.3. The number of carbonyl (C=O) groups is 3. The van der Waals surface area contributed by atoms with E-state index in [4.69, 9.17) is 33.2 Å². The first-order valence-electron chi connectivity index (χ1n) is 29.3. The zero-order valence-electron chi connectivity index (χ0n) is 45.9. The summed E-state index contributed by atoms with van der Waals surface area (Å²) < 4.78 is 42.7. The summed E-state index contributed by atoms with van der Waals surface area (Å²) in [5.41, 5.74) is 0. The largest absolute Gasteiger partial charge is 0.460 e. The highest BCUT2D eigenvalue weighted by Gasteiger charge is 2.35. The summed E-state index contributed by atoms with van der Waals surface area (Å²) in [6.45, 7) is 18.9. The van der Waals surface area contributed by atoms with Crippen molar-refractivity contribution in [1.82, 2.24) is 9.80 Å². The second-order valence-electron chi connectivity index (χ2n) is 19.8. The highest BCUT2D eigenvalue weighted by atomic mass is 16.7. The predicted molar refractivity (Wildman–Crippen MR) is 282 cm³/mol. The maximum atomic E-state index is 13.5. The van der Waals surface area contributed by atoms with Crippen molar-refractivity contribution in [2.45, 2.75) is 285 Å². The van der Waals surface area contributed by atoms with Crippen LogP contribution in [0.2, 0.25) is 0 Å².